The number of carboxylic acid groups (broad SMARTS) is 2. The van der Waals surface area contributed by atoms with E-state index in [9.17, 15) is 22.8 Å². The highest BCUT2D eigenvalue weighted by Crippen LogP contribution is 2.13. The number of amides is 1. The van der Waals surface area contributed by atoms with Gasteiger partial charge in [0.25, 0.3) is 0 Å². The molecule has 1 amide bonds. The summed E-state index contributed by atoms with van der Waals surface area (Å²) in [4.78, 5) is 29.9. The number of carbonyl (C=O) groups excluding carboxylic acids is 1. The van der Waals surface area contributed by atoms with Gasteiger partial charge in [-0.3, -0.25) is 9.59 Å². The second-order valence-corrected chi connectivity index (χ2v) is 3.73. The van der Waals surface area contributed by atoms with Crippen molar-refractivity contribution in [3.8, 4) is 0 Å². The van der Waals surface area contributed by atoms with E-state index in [-0.39, 0.29) is 12.3 Å². The van der Waals surface area contributed by atoms with Crippen LogP contribution in [0.3, 0.4) is 0 Å². The van der Waals surface area contributed by atoms with Gasteiger partial charge in [-0.2, -0.15) is 13.2 Å². The lowest BCUT2D eigenvalue weighted by molar-refractivity contribution is -0.192. The van der Waals surface area contributed by atoms with Gasteiger partial charge < -0.3 is 21.3 Å². The van der Waals surface area contributed by atoms with Crippen molar-refractivity contribution in [1.29, 1.82) is 0 Å². The lowest BCUT2D eigenvalue weighted by Crippen LogP contribution is -2.38. The van der Waals surface area contributed by atoms with Crippen LogP contribution in [0.15, 0.2) is 0 Å². The van der Waals surface area contributed by atoms with Gasteiger partial charge >= 0.3 is 18.1 Å². The summed E-state index contributed by atoms with van der Waals surface area (Å²) in [6.07, 6.45) is -3.69. The van der Waals surface area contributed by atoms with E-state index in [0.29, 0.717) is 19.4 Å². The fourth-order valence-corrected chi connectivity index (χ4v) is 0.774. The Kier molecular flexibility index (Phi) is 10.2. The molecule has 0 spiro atoms. The Hall–Kier alpha value is -1.84. The first-order valence-electron chi connectivity index (χ1n) is 5.53. The van der Waals surface area contributed by atoms with Gasteiger partial charge in [-0.25, -0.2) is 4.79 Å². The van der Waals surface area contributed by atoms with Crippen LogP contribution in [0.1, 0.15) is 26.2 Å². The summed E-state index contributed by atoms with van der Waals surface area (Å²) in [5.74, 6) is -3.76. The highest BCUT2D eigenvalue weighted by atomic mass is 19.4. The minimum atomic E-state index is -5.08. The van der Waals surface area contributed by atoms with E-state index in [2.05, 4.69) is 5.32 Å². The Morgan fingerprint density at radius 1 is 1.20 bits per heavy atom. The van der Waals surface area contributed by atoms with E-state index in [0.717, 1.165) is 0 Å². The van der Waals surface area contributed by atoms with Crippen LogP contribution in [-0.4, -0.2) is 46.8 Å². The monoisotopic (exact) mass is 302 g/mol. The number of alkyl halides is 3. The normalized spacial score (nSPS) is 11.8. The molecule has 0 saturated heterocycles. The number of aliphatic carboxylic acids is 2. The SMILES string of the molecule is CC(N)C(=O)NCCCCC(=O)O.O=C(O)C(F)(F)F. The van der Waals surface area contributed by atoms with E-state index in [1.807, 2.05) is 0 Å². The molecule has 0 saturated carbocycles. The summed E-state index contributed by atoms with van der Waals surface area (Å²) in [5, 5.41) is 18.0. The number of hydrogen-bond donors (Lipinski definition) is 4. The summed E-state index contributed by atoms with van der Waals surface area (Å²) in [5.41, 5.74) is 5.29. The van der Waals surface area contributed by atoms with Crippen LogP contribution in [0.5, 0.6) is 0 Å². The molecule has 5 N–H and O–H groups in total. The first-order valence-corrected chi connectivity index (χ1v) is 5.53. The number of halogens is 3. The van der Waals surface area contributed by atoms with Crippen molar-refractivity contribution in [2.75, 3.05) is 6.54 Å². The van der Waals surface area contributed by atoms with Crippen molar-refractivity contribution in [3.63, 3.8) is 0 Å². The van der Waals surface area contributed by atoms with Crippen LogP contribution in [-0.2, 0) is 14.4 Å². The molecule has 1 atom stereocenters. The van der Waals surface area contributed by atoms with Crippen molar-refractivity contribution >= 4 is 17.8 Å². The van der Waals surface area contributed by atoms with Crippen LogP contribution in [0.25, 0.3) is 0 Å². The minimum Gasteiger partial charge on any atom is -0.481 e. The quantitative estimate of drug-likeness (QED) is 0.523. The Bertz CT molecular complexity index is 331. The maximum absolute atomic E-state index is 10.9. The van der Waals surface area contributed by atoms with E-state index in [1.54, 1.807) is 6.92 Å². The summed E-state index contributed by atoms with van der Waals surface area (Å²) in [6.45, 7) is 2.10. The fraction of sp³-hybridized carbons (Fsp3) is 0.700. The first kappa shape index (κ1) is 20.5. The molecule has 0 aliphatic carbocycles. The third-order valence-electron chi connectivity index (χ3n) is 1.77. The Morgan fingerprint density at radius 2 is 1.65 bits per heavy atom. The molecular weight excluding hydrogens is 285 g/mol. The van der Waals surface area contributed by atoms with E-state index in [1.165, 1.54) is 0 Å². The minimum absolute atomic E-state index is 0.147. The van der Waals surface area contributed by atoms with Gasteiger partial charge in [-0.15, -0.1) is 0 Å². The van der Waals surface area contributed by atoms with Gasteiger partial charge in [0.1, 0.15) is 0 Å². The lowest BCUT2D eigenvalue weighted by Gasteiger charge is -2.06. The average molecular weight is 302 g/mol. The second-order valence-electron chi connectivity index (χ2n) is 3.73. The molecule has 0 fully saturated rings. The number of rotatable bonds is 6. The molecule has 118 valence electrons. The topological polar surface area (TPSA) is 130 Å². The van der Waals surface area contributed by atoms with Crippen molar-refractivity contribution in [2.24, 2.45) is 5.73 Å². The maximum atomic E-state index is 10.9. The Balaban J connectivity index is 0. The third kappa shape index (κ3) is 14.2. The average Bonchev–Trinajstić information content (AvgIpc) is 2.27. The van der Waals surface area contributed by atoms with Crippen molar-refractivity contribution in [1.82, 2.24) is 5.32 Å². The zero-order chi connectivity index (χ0) is 16.3. The number of nitrogens with one attached hydrogen (secondary N) is 1. The molecule has 0 radical (unpaired) electrons. The van der Waals surface area contributed by atoms with Gasteiger partial charge in [-0.05, 0) is 19.8 Å². The van der Waals surface area contributed by atoms with Crippen LogP contribution in [0, 0.1) is 0 Å². The number of unbranched alkanes of at least 4 members (excludes halogenated alkanes) is 1. The largest absolute Gasteiger partial charge is 0.490 e. The highest BCUT2D eigenvalue weighted by molar-refractivity contribution is 5.80. The fourth-order valence-electron chi connectivity index (χ4n) is 0.774. The van der Waals surface area contributed by atoms with Crippen LogP contribution < -0.4 is 11.1 Å². The van der Waals surface area contributed by atoms with Crippen molar-refractivity contribution in [2.45, 2.75) is 38.4 Å². The van der Waals surface area contributed by atoms with Gasteiger partial charge in [0.2, 0.25) is 5.91 Å². The van der Waals surface area contributed by atoms with Gasteiger partial charge in [-0.1, -0.05) is 0 Å². The molecular formula is C10H17F3N2O5. The summed E-state index contributed by atoms with van der Waals surface area (Å²) >= 11 is 0. The molecule has 0 aromatic rings. The van der Waals surface area contributed by atoms with Crippen molar-refractivity contribution in [3.05, 3.63) is 0 Å². The van der Waals surface area contributed by atoms with Gasteiger partial charge in [0, 0.05) is 13.0 Å². The van der Waals surface area contributed by atoms with Crippen molar-refractivity contribution < 1.29 is 37.8 Å². The van der Waals surface area contributed by atoms with E-state index in [4.69, 9.17) is 20.7 Å². The molecule has 20 heavy (non-hydrogen) atoms. The van der Waals surface area contributed by atoms with Gasteiger partial charge in [0.15, 0.2) is 0 Å². The number of hydrogen-bond acceptors (Lipinski definition) is 4. The summed E-state index contributed by atoms with van der Waals surface area (Å²) in [7, 11) is 0. The number of nitrogens with two attached hydrogens (primary N) is 1. The first-order chi connectivity index (χ1) is 8.98. The second kappa shape index (κ2) is 10.0. The molecule has 0 bridgehead atoms. The van der Waals surface area contributed by atoms with Crippen LogP contribution in [0.2, 0.25) is 0 Å². The Morgan fingerprint density at radius 3 is 1.95 bits per heavy atom. The zero-order valence-electron chi connectivity index (χ0n) is 10.7. The number of carbonyl (C=O) groups is 3. The summed E-state index contributed by atoms with van der Waals surface area (Å²) < 4.78 is 31.7. The predicted molar refractivity (Wildman–Crippen MR) is 61.8 cm³/mol. The molecule has 1 unspecified atom stereocenters. The molecule has 10 heteroatoms. The maximum Gasteiger partial charge on any atom is 0.490 e. The highest BCUT2D eigenvalue weighted by Gasteiger charge is 2.38. The number of carboxylic acids is 2. The zero-order valence-corrected chi connectivity index (χ0v) is 10.7. The molecule has 0 aliphatic heterocycles. The molecule has 0 aromatic heterocycles. The van der Waals surface area contributed by atoms with Crippen LogP contribution in [0.4, 0.5) is 13.2 Å². The molecule has 0 rings (SSSR count). The summed E-state index contributed by atoms with van der Waals surface area (Å²) in [6, 6.07) is -0.500. The molecule has 7 nitrogen and oxygen atoms in total. The smallest absolute Gasteiger partial charge is 0.481 e. The molecule has 0 heterocycles. The molecule has 0 aliphatic rings. The Labute approximate surface area is 112 Å². The third-order valence-corrected chi connectivity index (χ3v) is 1.77. The predicted octanol–water partition coefficient (Wildman–Crippen LogP) is 0.338. The van der Waals surface area contributed by atoms with E-state index >= 15 is 0 Å². The standard InChI is InChI=1S/C8H16N2O3.C2HF3O2/c1-6(9)8(13)10-5-3-2-4-7(11)12;3-2(4,5)1(6)7/h6H,2-5,9H2,1H3,(H,10,13)(H,11,12);(H,6,7). The van der Waals surface area contributed by atoms with Crippen LogP contribution >= 0.6 is 0 Å². The van der Waals surface area contributed by atoms with E-state index < -0.39 is 24.2 Å². The lowest BCUT2D eigenvalue weighted by atomic mass is 10.2. The van der Waals surface area contributed by atoms with Gasteiger partial charge in [0.05, 0.1) is 6.04 Å². The molecule has 0 aromatic carbocycles.